The van der Waals surface area contributed by atoms with Crippen molar-refractivity contribution in [1.82, 2.24) is 15.1 Å². The number of hydrogen-bond donors (Lipinski definition) is 3. The standard InChI is InChI=1S/C23H28N2O4.C16H16O5.C7H14N2/c1-27-20-12-18(23(26)24-19-14-25-10-8-17(19)9-11-25)13-21(28-2)22(20)29-15-16-6-4-3-5-7-16;1-19-13-8-12(16(17)18)9-14(20-2)15(13)21-10-11-6-4-3-5-7-11;8-7-5-9-3-1-6(7)2-4-9/h3-7,12-13,17,19H,8-11,14-15H2,1-2H3,(H,24,26);3-9H,10H2,1-2H3,(H,17,18);6-7H,1-5,8H2/t19-;;7-/m0.0/s1. The van der Waals surface area contributed by atoms with Crippen LogP contribution in [0, 0.1) is 11.8 Å². The number of carboxylic acid groups (broad SMARTS) is 1. The van der Waals surface area contributed by atoms with E-state index in [1.165, 1.54) is 52.3 Å². The van der Waals surface area contributed by atoms with Gasteiger partial charge in [0.15, 0.2) is 23.0 Å². The zero-order valence-corrected chi connectivity index (χ0v) is 34.6. The molecule has 6 heterocycles. The molecule has 4 aromatic rings. The Labute approximate surface area is 347 Å². The number of fused-ring (bicyclic) bond motifs is 6. The van der Waals surface area contributed by atoms with Gasteiger partial charge in [-0.1, -0.05) is 60.7 Å². The number of nitrogens with zero attached hydrogens (tertiary/aromatic N) is 2. The number of nitrogens with one attached hydrogen (secondary N) is 1. The monoisotopic (exact) mass is 810 g/mol. The van der Waals surface area contributed by atoms with E-state index in [1.54, 1.807) is 26.4 Å². The molecule has 6 fully saturated rings. The Hall–Kier alpha value is -5.50. The molecule has 2 atom stereocenters. The molecule has 4 aromatic carbocycles. The quantitative estimate of drug-likeness (QED) is 0.142. The fourth-order valence-electron chi connectivity index (χ4n) is 8.15. The van der Waals surface area contributed by atoms with Gasteiger partial charge in [0.2, 0.25) is 11.5 Å². The lowest BCUT2D eigenvalue weighted by atomic mass is 9.84. The van der Waals surface area contributed by atoms with Gasteiger partial charge >= 0.3 is 5.97 Å². The summed E-state index contributed by atoms with van der Waals surface area (Å²) in [7, 11) is 6.05. The molecule has 6 aliphatic rings. The first-order valence-electron chi connectivity index (χ1n) is 20.3. The van der Waals surface area contributed by atoms with Crippen LogP contribution in [0.4, 0.5) is 0 Å². The molecule has 0 radical (unpaired) electrons. The van der Waals surface area contributed by atoms with E-state index < -0.39 is 5.97 Å². The predicted octanol–water partition coefficient (Wildman–Crippen LogP) is 6.13. The second-order valence-corrected chi connectivity index (χ2v) is 15.3. The summed E-state index contributed by atoms with van der Waals surface area (Å²) >= 11 is 0. The molecular formula is C46H58N4O9. The molecule has 0 spiro atoms. The summed E-state index contributed by atoms with van der Waals surface area (Å²) in [6.07, 6.45) is 5.01. The topological polar surface area (TPSA) is 154 Å². The van der Waals surface area contributed by atoms with E-state index >= 15 is 0 Å². The zero-order chi connectivity index (χ0) is 41.7. The number of methoxy groups -OCH3 is 4. The lowest BCUT2D eigenvalue weighted by molar-refractivity contribution is 0.0619. The number of amides is 1. The molecule has 59 heavy (non-hydrogen) atoms. The van der Waals surface area contributed by atoms with Gasteiger partial charge in [-0.3, -0.25) is 4.79 Å². The fraction of sp³-hybridized carbons (Fsp3) is 0.435. The van der Waals surface area contributed by atoms with Gasteiger partial charge < -0.3 is 54.4 Å². The van der Waals surface area contributed by atoms with Crippen LogP contribution in [0.25, 0.3) is 0 Å². The van der Waals surface area contributed by atoms with E-state index in [1.807, 2.05) is 60.7 Å². The van der Waals surface area contributed by atoms with Crippen molar-refractivity contribution in [3.8, 4) is 34.5 Å². The Morgan fingerprint density at radius 2 is 1.03 bits per heavy atom. The Morgan fingerprint density at radius 1 is 0.627 bits per heavy atom. The molecular weight excluding hydrogens is 753 g/mol. The van der Waals surface area contributed by atoms with Gasteiger partial charge in [0.05, 0.1) is 34.0 Å². The number of carbonyl (C=O) groups is 2. The first-order chi connectivity index (χ1) is 28.7. The maximum absolute atomic E-state index is 12.9. The summed E-state index contributed by atoms with van der Waals surface area (Å²) in [6, 6.07) is 26.5. The van der Waals surface area contributed by atoms with Crippen LogP contribution in [0.3, 0.4) is 0 Å². The van der Waals surface area contributed by atoms with Crippen molar-refractivity contribution in [1.29, 1.82) is 0 Å². The molecule has 6 aliphatic heterocycles. The van der Waals surface area contributed by atoms with Gasteiger partial charge in [-0.05, 0) is 99.1 Å². The van der Waals surface area contributed by atoms with Crippen LogP contribution in [-0.4, -0.2) is 107 Å². The van der Waals surface area contributed by atoms with Crippen molar-refractivity contribution >= 4 is 11.9 Å². The minimum atomic E-state index is -1.05. The summed E-state index contributed by atoms with van der Waals surface area (Å²) in [4.78, 5) is 28.9. The number of carboxylic acids is 1. The first-order valence-corrected chi connectivity index (χ1v) is 20.3. The molecule has 0 aromatic heterocycles. The van der Waals surface area contributed by atoms with Crippen LogP contribution in [0.1, 0.15) is 57.5 Å². The minimum absolute atomic E-state index is 0.0794. The maximum atomic E-state index is 12.9. The van der Waals surface area contributed by atoms with E-state index in [4.69, 9.17) is 39.3 Å². The largest absolute Gasteiger partial charge is 0.493 e. The lowest BCUT2D eigenvalue weighted by Gasteiger charge is -2.44. The fourth-order valence-corrected chi connectivity index (χ4v) is 8.15. The second-order valence-electron chi connectivity index (χ2n) is 15.3. The number of ether oxygens (including phenoxy) is 6. The van der Waals surface area contributed by atoms with Crippen molar-refractivity contribution in [2.75, 3.05) is 67.7 Å². The summed E-state index contributed by atoms with van der Waals surface area (Å²) in [5.74, 6) is 2.77. The van der Waals surface area contributed by atoms with Gasteiger partial charge in [-0.2, -0.15) is 0 Å². The lowest BCUT2D eigenvalue weighted by Crippen LogP contribution is -2.57. The van der Waals surface area contributed by atoms with Crippen LogP contribution in [0.15, 0.2) is 84.9 Å². The molecule has 0 saturated carbocycles. The highest BCUT2D eigenvalue weighted by Gasteiger charge is 2.35. The second kappa shape index (κ2) is 21.0. The summed E-state index contributed by atoms with van der Waals surface area (Å²) in [5.41, 5.74) is 8.51. The number of benzene rings is 4. The highest BCUT2D eigenvalue weighted by atomic mass is 16.5. The Bertz CT molecular complexity index is 1920. The van der Waals surface area contributed by atoms with E-state index in [9.17, 15) is 9.59 Å². The van der Waals surface area contributed by atoms with E-state index in [0.29, 0.717) is 65.2 Å². The zero-order valence-electron chi connectivity index (χ0n) is 34.6. The van der Waals surface area contributed by atoms with Crippen LogP contribution in [0.2, 0.25) is 0 Å². The van der Waals surface area contributed by atoms with E-state index in [-0.39, 0.29) is 17.5 Å². The summed E-state index contributed by atoms with van der Waals surface area (Å²) in [6.45, 7) is 7.71. The van der Waals surface area contributed by atoms with Crippen LogP contribution >= 0.6 is 0 Å². The molecule has 13 nitrogen and oxygen atoms in total. The molecule has 0 unspecified atom stereocenters. The summed E-state index contributed by atoms with van der Waals surface area (Å²) in [5, 5.41) is 12.3. The van der Waals surface area contributed by atoms with Crippen molar-refractivity contribution in [3.05, 3.63) is 107 Å². The molecule has 316 valence electrons. The SMILES string of the molecule is COc1cc(C(=O)N[C@H]2CN3CCC2CC3)cc(OC)c1OCc1ccccc1.COc1cc(C(=O)O)cc(OC)c1OCc1ccccc1.N[C@H]1CN2CCC1CC2. The maximum Gasteiger partial charge on any atom is 0.335 e. The van der Waals surface area contributed by atoms with Gasteiger partial charge in [-0.25, -0.2) is 4.79 Å². The van der Waals surface area contributed by atoms with Crippen molar-refractivity contribution in [2.45, 2.75) is 51.0 Å². The van der Waals surface area contributed by atoms with Crippen LogP contribution < -0.4 is 39.5 Å². The minimum Gasteiger partial charge on any atom is -0.493 e. The van der Waals surface area contributed by atoms with Gasteiger partial charge in [0.25, 0.3) is 5.91 Å². The third-order valence-electron chi connectivity index (χ3n) is 11.6. The number of hydrogen-bond acceptors (Lipinski definition) is 11. The number of carbonyl (C=O) groups excluding carboxylic acids is 1. The number of aromatic carboxylic acids is 1. The first kappa shape index (κ1) is 43.1. The Kier molecular flexibility index (Phi) is 15.3. The van der Waals surface area contributed by atoms with Crippen molar-refractivity contribution in [2.24, 2.45) is 17.6 Å². The third kappa shape index (κ3) is 11.4. The molecule has 10 rings (SSSR count). The highest BCUT2D eigenvalue weighted by Crippen LogP contribution is 2.40. The summed E-state index contributed by atoms with van der Waals surface area (Å²) < 4.78 is 33.1. The Morgan fingerprint density at radius 3 is 1.36 bits per heavy atom. The van der Waals surface area contributed by atoms with Gasteiger partial charge in [0, 0.05) is 30.7 Å². The van der Waals surface area contributed by atoms with Gasteiger partial charge in [-0.15, -0.1) is 0 Å². The molecule has 13 heteroatoms. The van der Waals surface area contributed by atoms with Crippen molar-refractivity contribution in [3.63, 3.8) is 0 Å². The number of nitrogens with two attached hydrogens (primary N) is 1. The van der Waals surface area contributed by atoms with E-state index in [2.05, 4.69) is 15.1 Å². The third-order valence-corrected chi connectivity index (χ3v) is 11.6. The number of rotatable bonds is 13. The molecule has 6 saturated heterocycles. The van der Waals surface area contributed by atoms with Crippen LogP contribution in [-0.2, 0) is 13.2 Å². The van der Waals surface area contributed by atoms with Crippen molar-refractivity contribution < 1.29 is 43.1 Å². The normalized spacial score (nSPS) is 22.3. The van der Waals surface area contributed by atoms with Crippen LogP contribution in [0.5, 0.6) is 34.5 Å². The predicted molar refractivity (Wildman–Crippen MR) is 225 cm³/mol. The molecule has 4 bridgehead atoms. The van der Waals surface area contributed by atoms with E-state index in [0.717, 1.165) is 56.1 Å². The van der Waals surface area contributed by atoms with Gasteiger partial charge in [0.1, 0.15) is 13.2 Å². The Balaban J connectivity index is 0.000000169. The molecule has 1 amide bonds. The molecule has 4 N–H and O–H groups in total. The highest BCUT2D eigenvalue weighted by molar-refractivity contribution is 5.96. The average molecular weight is 811 g/mol. The molecule has 0 aliphatic carbocycles. The average Bonchev–Trinajstić information content (AvgIpc) is 3.28. The smallest absolute Gasteiger partial charge is 0.335 e. The number of piperidine rings is 6.